The van der Waals surface area contributed by atoms with Gasteiger partial charge in [-0.05, 0) is 36.2 Å². The van der Waals surface area contributed by atoms with Crippen LogP contribution < -0.4 is 0 Å². The molecule has 0 radical (unpaired) electrons. The molecule has 0 aliphatic carbocycles. The van der Waals surface area contributed by atoms with E-state index in [1.807, 2.05) is 55.6 Å². The number of hydrogen-bond acceptors (Lipinski definition) is 1. The summed E-state index contributed by atoms with van der Waals surface area (Å²) in [5.74, 6) is -1.02. The Bertz CT molecular complexity index is 821. The molecule has 22 heavy (non-hydrogen) atoms. The summed E-state index contributed by atoms with van der Waals surface area (Å²) in [7, 11) is 0. The molecule has 0 saturated carbocycles. The molecule has 0 bridgehead atoms. The maximum Gasteiger partial charge on any atom is 0.304 e. The van der Waals surface area contributed by atoms with Gasteiger partial charge in [-0.3, -0.25) is 4.79 Å². The number of aryl methyl sites for hydroxylation is 1. The van der Waals surface area contributed by atoms with E-state index in [0.717, 1.165) is 27.6 Å². The van der Waals surface area contributed by atoms with E-state index < -0.39 is 5.97 Å². The maximum absolute atomic E-state index is 11.3. The number of carboxylic acid groups (broad SMARTS) is 1. The number of carboxylic acids is 1. The smallest absolute Gasteiger partial charge is 0.304 e. The second-order valence-electron chi connectivity index (χ2n) is 5.50. The SMILES string of the molecule is Cc1ccc([C@@H](CC(=O)O)c2c[nH]c3ccc(Cl)cc23)cc1. The number of H-pyrrole nitrogens is 1. The zero-order chi connectivity index (χ0) is 15.7. The largest absolute Gasteiger partial charge is 0.481 e. The summed E-state index contributed by atoms with van der Waals surface area (Å²) < 4.78 is 0. The van der Waals surface area contributed by atoms with Crippen LogP contribution in [0.4, 0.5) is 0 Å². The highest BCUT2D eigenvalue weighted by atomic mass is 35.5. The molecular weight excluding hydrogens is 298 g/mol. The topological polar surface area (TPSA) is 53.1 Å². The molecule has 3 rings (SSSR count). The third-order valence-corrected chi connectivity index (χ3v) is 4.14. The first-order chi connectivity index (χ1) is 10.5. The van der Waals surface area contributed by atoms with Crippen LogP contribution in [0.5, 0.6) is 0 Å². The number of nitrogens with one attached hydrogen (secondary N) is 1. The molecule has 112 valence electrons. The van der Waals surface area contributed by atoms with E-state index in [1.54, 1.807) is 0 Å². The summed E-state index contributed by atoms with van der Waals surface area (Å²) in [4.78, 5) is 14.5. The van der Waals surface area contributed by atoms with Crippen molar-refractivity contribution in [1.82, 2.24) is 4.98 Å². The van der Waals surface area contributed by atoms with Crippen molar-refractivity contribution in [2.45, 2.75) is 19.3 Å². The lowest BCUT2D eigenvalue weighted by Gasteiger charge is -2.15. The van der Waals surface area contributed by atoms with Crippen molar-refractivity contribution in [3.8, 4) is 0 Å². The number of carbonyl (C=O) groups is 1. The Morgan fingerprint density at radius 2 is 1.95 bits per heavy atom. The Kier molecular flexibility index (Phi) is 3.90. The quantitative estimate of drug-likeness (QED) is 0.731. The number of aromatic amines is 1. The number of hydrogen-bond donors (Lipinski definition) is 2. The number of aliphatic carboxylic acids is 1. The van der Waals surface area contributed by atoms with Gasteiger partial charge in [-0.2, -0.15) is 0 Å². The van der Waals surface area contributed by atoms with Gasteiger partial charge in [-0.25, -0.2) is 0 Å². The summed E-state index contributed by atoms with van der Waals surface area (Å²) in [6.45, 7) is 2.02. The Balaban J connectivity index is 2.13. The average molecular weight is 314 g/mol. The minimum Gasteiger partial charge on any atom is -0.481 e. The van der Waals surface area contributed by atoms with Crippen LogP contribution in [0.25, 0.3) is 10.9 Å². The minimum absolute atomic E-state index is 0.0442. The third-order valence-electron chi connectivity index (χ3n) is 3.91. The van der Waals surface area contributed by atoms with Gasteiger partial charge in [0.1, 0.15) is 0 Å². The standard InChI is InChI=1S/C18H16ClNO2/c1-11-2-4-12(5-3-11)14(9-18(21)22)16-10-20-17-7-6-13(19)8-15(16)17/h2-8,10,14,20H,9H2,1H3,(H,21,22)/t14-/m1/s1. The minimum atomic E-state index is -0.818. The molecule has 1 aromatic heterocycles. The van der Waals surface area contributed by atoms with Gasteiger partial charge < -0.3 is 10.1 Å². The first-order valence-electron chi connectivity index (χ1n) is 7.09. The Morgan fingerprint density at radius 3 is 2.64 bits per heavy atom. The lowest BCUT2D eigenvalue weighted by molar-refractivity contribution is -0.137. The predicted molar refractivity (Wildman–Crippen MR) is 88.6 cm³/mol. The van der Waals surface area contributed by atoms with Crippen LogP contribution in [0.3, 0.4) is 0 Å². The van der Waals surface area contributed by atoms with Crippen molar-refractivity contribution in [3.05, 3.63) is 70.4 Å². The Hall–Kier alpha value is -2.26. The van der Waals surface area contributed by atoms with Gasteiger partial charge in [-0.15, -0.1) is 0 Å². The van der Waals surface area contributed by atoms with Crippen LogP contribution in [0.15, 0.2) is 48.7 Å². The second-order valence-corrected chi connectivity index (χ2v) is 5.93. The molecule has 0 spiro atoms. The average Bonchev–Trinajstić information content (AvgIpc) is 2.88. The molecule has 0 aliphatic rings. The molecular formula is C18H16ClNO2. The third kappa shape index (κ3) is 2.85. The van der Waals surface area contributed by atoms with Crippen molar-refractivity contribution < 1.29 is 9.90 Å². The highest BCUT2D eigenvalue weighted by Crippen LogP contribution is 2.34. The second kappa shape index (κ2) is 5.85. The molecule has 0 unspecified atom stereocenters. The van der Waals surface area contributed by atoms with Gasteiger partial charge in [0.25, 0.3) is 0 Å². The number of fused-ring (bicyclic) bond motifs is 1. The molecule has 0 amide bonds. The molecule has 2 aromatic carbocycles. The number of aromatic nitrogens is 1. The zero-order valence-electron chi connectivity index (χ0n) is 12.1. The molecule has 1 heterocycles. The fourth-order valence-corrected chi connectivity index (χ4v) is 2.96. The Morgan fingerprint density at radius 1 is 1.23 bits per heavy atom. The zero-order valence-corrected chi connectivity index (χ0v) is 12.9. The highest BCUT2D eigenvalue weighted by Gasteiger charge is 2.21. The monoisotopic (exact) mass is 313 g/mol. The fourth-order valence-electron chi connectivity index (χ4n) is 2.78. The van der Waals surface area contributed by atoms with Crippen molar-refractivity contribution in [3.63, 3.8) is 0 Å². The molecule has 0 fully saturated rings. The van der Waals surface area contributed by atoms with Crippen LogP contribution in [-0.4, -0.2) is 16.1 Å². The molecule has 4 heteroatoms. The van der Waals surface area contributed by atoms with Crippen molar-refractivity contribution in [2.24, 2.45) is 0 Å². The number of halogens is 1. The molecule has 1 atom stereocenters. The van der Waals surface area contributed by atoms with Crippen molar-refractivity contribution in [2.75, 3.05) is 0 Å². The van der Waals surface area contributed by atoms with Crippen LogP contribution in [-0.2, 0) is 4.79 Å². The normalized spacial score (nSPS) is 12.5. The first kappa shape index (κ1) is 14.7. The maximum atomic E-state index is 11.3. The van der Waals surface area contributed by atoms with Gasteiger partial charge in [0.05, 0.1) is 6.42 Å². The van der Waals surface area contributed by atoms with E-state index in [0.29, 0.717) is 5.02 Å². The van der Waals surface area contributed by atoms with Crippen LogP contribution in [0.2, 0.25) is 5.02 Å². The number of rotatable bonds is 4. The van der Waals surface area contributed by atoms with E-state index in [9.17, 15) is 9.90 Å². The lowest BCUT2D eigenvalue weighted by Crippen LogP contribution is -2.07. The fraction of sp³-hybridized carbons (Fsp3) is 0.167. The van der Waals surface area contributed by atoms with Gasteiger partial charge in [0.2, 0.25) is 0 Å². The molecule has 3 nitrogen and oxygen atoms in total. The summed E-state index contributed by atoms with van der Waals surface area (Å²) in [6, 6.07) is 13.6. The predicted octanol–water partition coefficient (Wildman–Crippen LogP) is 4.74. The van der Waals surface area contributed by atoms with E-state index in [-0.39, 0.29) is 12.3 Å². The van der Waals surface area contributed by atoms with E-state index in [1.165, 1.54) is 0 Å². The molecule has 3 aromatic rings. The Labute approximate surface area is 133 Å². The van der Waals surface area contributed by atoms with Crippen LogP contribution in [0.1, 0.15) is 29.0 Å². The van der Waals surface area contributed by atoms with Gasteiger partial charge in [-0.1, -0.05) is 41.4 Å². The molecule has 0 saturated heterocycles. The summed E-state index contributed by atoms with van der Waals surface area (Å²) >= 11 is 6.09. The molecule has 0 aliphatic heterocycles. The highest BCUT2D eigenvalue weighted by molar-refractivity contribution is 6.31. The van der Waals surface area contributed by atoms with Crippen molar-refractivity contribution in [1.29, 1.82) is 0 Å². The van der Waals surface area contributed by atoms with Gasteiger partial charge in [0.15, 0.2) is 0 Å². The lowest BCUT2D eigenvalue weighted by atomic mass is 9.88. The van der Waals surface area contributed by atoms with Gasteiger partial charge >= 0.3 is 5.97 Å². The number of benzene rings is 2. The first-order valence-corrected chi connectivity index (χ1v) is 7.47. The van der Waals surface area contributed by atoms with Gasteiger partial charge in [0, 0.05) is 28.0 Å². The summed E-state index contributed by atoms with van der Waals surface area (Å²) in [5.41, 5.74) is 4.07. The summed E-state index contributed by atoms with van der Waals surface area (Å²) in [6.07, 6.45) is 1.93. The van der Waals surface area contributed by atoms with E-state index >= 15 is 0 Å². The van der Waals surface area contributed by atoms with E-state index in [2.05, 4.69) is 4.98 Å². The van der Waals surface area contributed by atoms with Crippen molar-refractivity contribution >= 4 is 28.5 Å². The van der Waals surface area contributed by atoms with Crippen LogP contribution >= 0.6 is 11.6 Å². The van der Waals surface area contributed by atoms with E-state index in [4.69, 9.17) is 11.6 Å². The molecule has 2 N–H and O–H groups in total. The summed E-state index contributed by atoms with van der Waals surface area (Å²) in [5, 5.41) is 10.9. The van der Waals surface area contributed by atoms with Crippen LogP contribution in [0, 0.1) is 6.92 Å².